The Labute approximate surface area is 190 Å². The zero-order valence-corrected chi connectivity index (χ0v) is 22.5. The Bertz CT molecular complexity index is 235. The van der Waals surface area contributed by atoms with Gasteiger partial charge in [0.1, 0.15) is 0 Å². The summed E-state index contributed by atoms with van der Waals surface area (Å²) in [6.45, 7) is 19.4. The molecule has 0 fully saturated rings. The molecule has 0 aliphatic heterocycles. The predicted molar refractivity (Wildman–Crippen MR) is 109 cm³/mol. The number of halogens is 3. The lowest BCUT2D eigenvalue weighted by Crippen LogP contribution is -3.00. The predicted octanol–water partition coefficient (Wildman–Crippen LogP) is -7.17. The Morgan fingerprint density at radius 3 is 0.593 bits per heavy atom. The maximum absolute atomic E-state index is 3.31. The van der Waals surface area contributed by atoms with Gasteiger partial charge in [-0.3, -0.25) is 13.8 Å². The van der Waals surface area contributed by atoms with E-state index in [1.807, 2.05) is 0 Å². The Morgan fingerprint density at radius 2 is 0.556 bits per heavy atom. The molecule has 0 heterocycles. The summed E-state index contributed by atoms with van der Waals surface area (Å²) in [5.41, 5.74) is 9.93. The lowest BCUT2D eigenvalue weighted by molar-refractivity contribution is -0.932. The zero-order valence-electron chi connectivity index (χ0n) is 20.2. The van der Waals surface area contributed by atoms with Crippen LogP contribution in [0.3, 0.4) is 0 Å². The smallest absolute Gasteiger partial charge is 0.0929 e. The van der Waals surface area contributed by atoms with Crippen LogP contribution in [0.15, 0.2) is 0 Å². The third-order valence-electron chi connectivity index (χ3n) is 4.13. The number of nitrogens with one attached hydrogen (secondary N) is 3. The second-order valence-electron chi connectivity index (χ2n) is 7.54. The van der Waals surface area contributed by atoms with E-state index in [-0.39, 0.29) is 37.2 Å². The molecule has 27 heavy (non-hydrogen) atoms. The molecule has 6 nitrogen and oxygen atoms in total. The van der Waals surface area contributed by atoms with Crippen LogP contribution in [-0.2, 0) is 0 Å². The molecule has 0 saturated carbocycles. The lowest BCUT2D eigenvalue weighted by Gasteiger charge is -2.26. The van der Waals surface area contributed by atoms with Gasteiger partial charge in [0.05, 0.1) is 61.9 Å². The second kappa shape index (κ2) is 22.9. The van der Waals surface area contributed by atoms with E-state index in [9.17, 15) is 0 Å². The molecule has 0 atom stereocenters. The normalized spacial score (nSPS) is 10.7. The van der Waals surface area contributed by atoms with Crippen molar-refractivity contribution < 1.29 is 51.0 Å². The van der Waals surface area contributed by atoms with Gasteiger partial charge in [-0.15, -0.1) is 0 Å². The number of quaternary nitrogens is 3. The van der Waals surface area contributed by atoms with Crippen molar-refractivity contribution >= 4 is 0 Å². The van der Waals surface area contributed by atoms with Gasteiger partial charge in [-0.1, -0.05) is 0 Å². The van der Waals surface area contributed by atoms with Gasteiger partial charge >= 0.3 is 0 Å². The molecule has 0 radical (unpaired) electrons. The number of nitrogens with zero attached hydrogens (tertiary/aromatic N) is 3. The van der Waals surface area contributed by atoms with Crippen LogP contribution >= 0.6 is 0 Å². The first-order valence-electron chi connectivity index (χ1n) is 9.61. The first kappa shape index (κ1) is 41.9. The van der Waals surface area contributed by atoms with E-state index in [1.54, 1.807) is 0 Å². The molecular weight excluding hydrogens is 407 g/mol. The fourth-order valence-corrected chi connectivity index (χ4v) is 1.62. The van der Waals surface area contributed by atoms with Crippen LogP contribution in [0.2, 0.25) is 0 Å². The van der Waals surface area contributed by atoms with Gasteiger partial charge in [0, 0.05) is 19.6 Å². The van der Waals surface area contributed by atoms with Crippen molar-refractivity contribution in [3.63, 3.8) is 0 Å². The Morgan fingerprint density at radius 1 is 0.407 bits per heavy atom. The van der Waals surface area contributed by atoms with Crippen molar-refractivity contribution in [3.05, 3.63) is 0 Å². The van der Waals surface area contributed by atoms with Crippen molar-refractivity contribution in [2.75, 3.05) is 81.6 Å². The minimum Gasteiger partial charge on any atom is -1.00 e. The average Bonchev–Trinajstić information content (AvgIpc) is 2.48. The summed E-state index contributed by atoms with van der Waals surface area (Å²) < 4.78 is 2.74. The molecule has 174 valence electrons. The maximum atomic E-state index is 3.31. The molecule has 0 aromatic heterocycles. The van der Waals surface area contributed by atoms with Crippen LogP contribution < -0.4 is 53.5 Å². The standard InChI is InChI=1S/3C6H17N2.3ClH/c3*1-5-7-8(3,4)6-2;;;/h3*7H,5-6H2,1-4H3;3*1H/q3*+1;;;/p-3. The molecule has 0 rings (SSSR count). The summed E-state index contributed by atoms with van der Waals surface area (Å²) in [6.07, 6.45) is 0. The first-order valence-corrected chi connectivity index (χ1v) is 9.61. The molecule has 0 aliphatic carbocycles. The molecule has 3 N–H and O–H groups in total. The Balaban J connectivity index is -0.0000000580. The highest BCUT2D eigenvalue weighted by Crippen LogP contribution is 1.87. The first-order chi connectivity index (χ1) is 10.9. The van der Waals surface area contributed by atoms with E-state index in [4.69, 9.17) is 0 Å². The van der Waals surface area contributed by atoms with Gasteiger partial charge < -0.3 is 37.2 Å². The van der Waals surface area contributed by atoms with Crippen LogP contribution in [0.5, 0.6) is 0 Å². The summed E-state index contributed by atoms with van der Waals surface area (Å²) in [4.78, 5) is 0. The molecule has 0 bridgehead atoms. The second-order valence-corrected chi connectivity index (χ2v) is 7.54. The van der Waals surface area contributed by atoms with Gasteiger partial charge in [-0.05, 0) is 41.5 Å². The molecule has 0 aromatic carbocycles. The van der Waals surface area contributed by atoms with Gasteiger partial charge in [-0.25, -0.2) is 0 Å². The van der Waals surface area contributed by atoms with E-state index >= 15 is 0 Å². The van der Waals surface area contributed by atoms with E-state index < -0.39 is 0 Å². The zero-order chi connectivity index (χ0) is 19.9. The number of rotatable bonds is 9. The minimum atomic E-state index is 0. The average molecular weight is 458 g/mol. The van der Waals surface area contributed by atoms with Crippen molar-refractivity contribution in [2.45, 2.75) is 41.5 Å². The SMILES string of the molecule is CCN[N+](C)(C)CC.CCN[N+](C)(C)CC.CCN[N+](C)(C)CC.[Cl-].[Cl-].[Cl-]. The minimum absolute atomic E-state index is 0. The fraction of sp³-hybridized carbons (Fsp3) is 1.00. The summed E-state index contributed by atoms with van der Waals surface area (Å²) in [7, 11) is 12.9. The summed E-state index contributed by atoms with van der Waals surface area (Å²) >= 11 is 0. The largest absolute Gasteiger partial charge is 1.00 e. The van der Waals surface area contributed by atoms with Crippen molar-refractivity contribution in [2.24, 2.45) is 0 Å². The van der Waals surface area contributed by atoms with Gasteiger partial charge in [0.2, 0.25) is 0 Å². The van der Waals surface area contributed by atoms with Crippen molar-refractivity contribution in [3.8, 4) is 0 Å². The molecule has 0 aliphatic rings. The quantitative estimate of drug-likeness (QED) is 0.238. The summed E-state index contributed by atoms with van der Waals surface area (Å²) in [5.74, 6) is 0. The van der Waals surface area contributed by atoms with Gasteiger partial charge in [0.15, 0.2) is 0 Å². The lowest BCUT2D eigenvalue weighted by atomic mass is 10.6. The van der Waals surface area contributed by atoms with Crippen LogP contribution in [0.25, 0.3) is 0 Å². The van der Waals surface area contributed by atoms with E-state index in [0.717, 1.165) is 53.0 Å². The van der Waals surface area contributed by atoms with Crippen LogP contribution in [0.4, 0.5) is 0 Å². The highest BCUT2D eigenvalue weighted by Gasteiger charge is 2.08. The fourth-order valence-electron chi connectivity index (χ4n) is 1.62. The molecule has 0 amide bonds. The number of hydrogen-bond acceptors (Lipinski definition) is 3. The van der Waals surface area contributed by atoms with E-state index in [0.29, 0.717) is 0 Å². The molecule has 9 heteroatoms. The Kier molecular flexibility index (Phi) is 35.5. The van der Waals surface area contributed by atoms with E-state index in [2.05, 4.69) is 100 Å². The van der Waals surface area contributed by atoms with Crippen molar-refractivity contribution in [1.82, 2.24) is 16.3 Å². The van der Waals surface area contributed by atoms with Crippen LogP contribution in [-0.4, -0.2) is 95.3 Å². The summed E-state index contributed by atoms with van der Waals surface area (Å²) in [5, 5.41) is 0. The molecule has 0 spiro atoms. The highest BCUT2D eigenvalue weighted by atomic mass is 35.5. The number of hydrogen-bond donors (Lipinski definition) is 3. The third-order valence-corrected chi connectivity index (χ3v) is 4.13. The summed E-state index contributed by atoms with van der Waals surface area (Å²) in [6, 6.07) is 0. The molecular formula is C18H51Cl3N6. The molecule has 0 unspecified atom stereocenters. The Hall–Kier alpha value is 0.630. The maximum Gasteiger partial charge on any atom is 0.0929 e. The van der Waals surface area contributed by atoms with Crippen LogP contribution in [0, 0.1) is 0 Å². The van der Waals surface area contributed by atoms with Crippen LogP contribution in [0.1, 0.15) is 41.5 Å². The third kappa shape index (κ3) is 34.5. The monoisotopic (exact) mass is 456 g/mol. The van der Waals surface area contributed by atoms with Crippen molar-refractivity contribution in [1.29, 1.82) is 0 Å². The molecule has 0 aromatic rings. The van der Waals surface area contributed by atoms with E-state index in [1.165, 1.54) is 0 Å². The topological polar surface area (TPSA) is 36.1 Å². The molecule has 0 saturated heterocycles. The van der Waals surface area contributed by atoms with Gasteiger partial charge in [-0.2, -0.15) is 16.3 Å². The van der Waals surface area contributed by atoms with Gasteiger partial charge in [0.25, 0.3) is 0 Å². The highest BCUT2D eigenvalue weighted by molar-refractivity contribution is 4.19.